The van der Waals surface area contributed by atoms with Crippen molar-refractivity contribution in [3.8, 4) is 0 Å². The van der Waals surface area contributed by atoms with Crippen LogP contribution in [0.3, 0.4) is 0 Å². The Bertz CT molecular complexity index is 1270. The van der Waals surface area contributed by atoms with Crippen molar-refractivity contribution in [2.45, 2.75) is 32.9 Å². The van der Waals surface area contributed by atoms with Crippen LogP contribution in [0.4, 0.5) is 22.0 Å². The second kappa shape index (κ2) is 15.4. The molecular weight excluding hydrogens is 579 g/mol. The van der Waals surface area contributed by atoms with Gasteiger partial charge in [-0.05, 0) is 30.0 Å². The number of rotatable bonds is 6. The molecule has 0 aliphatic carbocycles. The van der Waals surface area contributed by atoms with Gasteiger partial charge in [0.15, 0.2) is 5.69 Å². The number of carboxylic acids is 1. The molecular formula is C25H25F5N4O4S2. The quantitative estimate of drug-likeness (QED) is 0.253. The van der Waals surface area contributed by atoms with Gasteiger partial charge in [-0.15, -0.1) is 23.1 Å². The van der Waals surface area contributed by atoms with E-state index in [1.807, 2.05) is 5.38 Å². The number of hydrogen-bond donors (Lipinski definition) is 1. The highest BCUT2D eigenvalue weighted by atomic mass is 32.2. The van der Waals surface area contributed by atoms with Crippen molar-refractivity contribution in [1.82, 2.24) is 15.0 Å². The molecule has 1 N–H and O–H groups in total. The van der Waals surface area contributed by atoms with Gasteiger partial charge in [0.25, 0.3) is 6.43 Å². The molecule has 4 heterocycles. The number of aliphatic imine (C=N–C) groups is 1. The second-order valence-corrected chi connectivity index (χ2v) is 10.1. The number of thioether (sulfide) groups is 1. The number of aromatic nitrogens is 3. The van der Waals surface area contributed by atoms with Gasteiger partial charge in [0, 0.05) is 41.8 Å². The van der Waals surface area contributed by atoms with Crippen molar-refractivity contribution in [2.75, 3.05) is 19.4 Å². The summed E-state index contributed by atoms with van der Waals surface area (Å²) in [7, 11) is 0.982. The van der Waals surface area contributed by atoms with Crippen molar-refractivity contribution in [1.29, 1.82) is 0 Å². The number of carboxylic acid groups (broad SMARTS) is 1. The summed E-state index contributed by atoms with van der Waals surface area (Å²) < 4.78 is 72.2. The van der Waals surface area contributed by atoms with Crippen molar-refractivity contribution in [3.05, 3.63) is 75.3 Å². The molecule has 0 aromatic carbocycles. The molecule has 3 aromatic heterocycles. The molecule has 3 aromatic rings. The number of nitrogens with zero attached hydrogens (tertiary/aromatic N) is 4. The molecule has 15 heteroatoms. The minimum absolute atomic E-state index is 0.0231. The molecule has 40 heavy (non-hydrogen) atoms. The summed E-state index contributed by atoms with van der Waals surface area (Å²) in [6, 6.07) is 3.08. The van der Waals surface area contributed by atoms with Gasteiger partial charge in [-0.3, -0.25) is 15.0 Å². The van der Waals surface area contributed by atoms with Crippen LogP contribution in [-0.2, 0) is 17.3 Å². The van der Waals surface area contributed by atoms with Crippen LogP contribution in [0.15, 0.2) is 46.6 Å². The van der Waals surface area contributed by atoms with Crippen molar-refractivity contribution >= 4 is 40.1 Å². The minimum Gasteiger partial charge on any atom is -0.478 e. The van der Waals surface area contributed by atoms with Gasteiger partial charge in [-0.25, -0.2) is 23.4 Å². The van der Waals surface area contributed by atoms with Gasteiger partial charge in [-0.1, -0.05) is 13.8 Å². The number of halogens is 5. The number of carbonyl (C=O) groups is 2. The Morgan fingerprint density at radius 2 is 1.90 bits per heavy atom. The largest absolute Gasteiger partial charge is 0.478 e. The first-order valence-electron chi connectivity index (χ1n) is 11.5. The topological polar surface area (TPSA) is 115 Å². The summed E-state index contributed by atoms with van der Waals surface area (Å²) in [6.07, 6.45) is -3.74. The fourth-order valence-corrected chi connectivity index (χ4v) is 4.62. The Morgan fingerprint density at radius 1 is 1.18 bits per heavy atom. The Morgan fingerprint density at radius 3 is 2.27 bits per heavy atom. The lowest BCUT2D eigenvalue weighted by molar-refractivity contribution is -0.141. The molecule has 1 aliphatic rings. The highest BCUT2D eigenvalue weighted by Crippen LogP contribution is 2.40. The summed E-state index contributed by atoms with van der Waals surface area (Å²) in [5.74, 6) is -1.80. The zero-order valence-corrected chi connectivity index (χ0v) is 23.1. The molecule has 0 unspecified atom stereocenters. The summed E-state index contributed by atoms with van der Waals surface area (Å²) in [5.41, 5.74) is -1.78. The van der Waals surface area contributed by atoms with E-state index in [1.165, 1.54) is 18.5 Å². The van der Waals surface area contributed by atoms with E-state index in [9.17, 15) is 31.5 Å². The van der Waals surface area contributed by atoms with Crippen LogP contribution < -0.4 is 0 Å². The molecule has 0 saturated carbocycles. The monoisotopic (exact) mass is 604 g/mol. The number of esters is 1. The first-order chi connectivity index (χ1) is 18.9. The average Bonchev–Trinajstić information content (AvgIpc) is 3.65. The number of methoxy groups -OCH3 is 1. The average molecular weight is 605 g/mol. The maximum atomic E-state index is 13.6. The van der Waals surface area contributed by atoms with Crippen LogP contribution in [0.5, 0.6) is 0 Å². The number of hydrogen-bond acceptors (Lipinski definition) is 9. The zero-order valence-electron chi connectivity index (χ0n) is 21.5. The van der Waals surface area contributed by atoms with E-state index >= 15 is 0 Å². The molecule has 8 nitrogen and oxygen atoms in total. The third-order valence-corrected chi connectivity index (χ3v) is 6.38. The number of alkyl halides is 5. The fourth-order valence-electron chi connectivity index (χ4n) is 3.34. The molecule has 4 rings (SSSR count). The highest BCUT2D eigenvalue weighted by Gasteiger charge is 2.42. The van der Waals surface area contributed by atoms with Crippen molar-refractivity contribution in [2.24, 2.45) is 10.9 Å². The first-order valence-corrected chi connectivity index (χ1v) is 13.4. The van der Waals surface area contributed by atoms with Gasteiger partial charge in [-0.2, -0.15) is 13.2 Å². The molecule has 1 aliphatic heterocycles. The molecule has 0 bridgehead atoms. The third-order valence-electron chi connectivity index (χ3n) is 4.86. The third kappa shape index (κ3) is 9.33. The van der Waals surface area contributed by atoms with Crippen LogP contribution in [0.2, 0.25) is 0 Å². The van der Waals surface area contributed by atoms with Crippen LogP contribution in [-0.4, -0.2) is 56.4 Å². The van der Waals surface area contributed by atoms with Gasteiger partial charge in [0.1, 0.15) is 10.7 Å². The molecule has 0 spiro atoms. The Kier molecular flexibility index (Phi) is 12.6. The Labute approximate surface area is 234 Å². The molecule has 0 atom stereocenters. The lowest BCUT2D eigenvalue weighted by Gasteiger charge is -2.22. The summed E-state index contributed by atoms with van der Waals surface area (Å²) in [6.45, 7) is 3.73. The lowest BCUT2D eigenvalue weighted by atomic mass is 9.91. The zero-order chi connectivity index (χ0) is 29.9. The number of pyridine rings is 2. The minimum atomic E-state index is -4.97. The van der Waals surface area contributed by atoms with Crippen LogP contribution in [0.1, 0.15) is 63.5 Å². The fraction of sp³-hybridized carbons (Fsp3) is 0.360. The molecule has 0 radical (unpaired) electrons. The van der Waals surface area contributed by atoms with Gasteiger partial charge in [0.2, 0.25) is 0 Å². The molecule has 0 amide bonds. The van der Waals surface area contributed by atoms with Crippen molar-refractivity contribution < 1.29 is 41.4 Å². The van der Waals surface area contributed by atoms with E-state index in [1.54, 1.807) is 43.0 Å². The lowest BCUT2D eigenvalue weighted by Crippen LogP contribution is -2.24. The second-order valence-electron chi connectivity index (χ2n) is 8.22. The number of carbonyl (C=O) groups excluding carboxylic acids is 1. The van der Waals surface area contributed by atoms with Gasteiger partial charge < -0.3 is 9.84 Å². The molecule has 216 valence electrons. The standard InChI is InChI=1S/C16H17F5N2O2S.C6H5NO2.C3H3NS/c1-7(2)6-8-9(15(24)25-3)11(13(17)18)23-12(16(19,20)21)10(8)14-22-4-5-26-14;8-6(9)5-2-1-3-7-4-5;1-2-5-3-4-1/h7,13H,4-6H2,1-3H3;1-4H,(H,8,9);1-3H. The summed E-state index contributed by atoms with van der Waals surface area (Å²) >= 11 is 2.68. The van der Waals surface area contributed by atoms with E-state index in [-0.39, 0.29) is 28.5 Å². The van der Waals surface area contributed by atoms with Gasteiger partial charge >= 0.3 is 18.1 Å². The predicted molar refractivity (Wildman–Crippen MR) is 141 cm³/mol. The van der Waals surface area contributed by atoms with Crippen LogP contribution in [0, 0.1) is 5.92 Å². The molecule has 0 saturated heterocycles. The van der Waals surface area contributed by atoms with Crippen molar-refractivity contribution in [3.63, 3.8) is 0 Å². The predicted octanol–water partition coefficient (Wildman–Crippen LogP) is 6.44. The number of aromatic carboxylic acids is 1. The van der Waals surface area contributed by atoms with E-state index in [2.05, 4.69) is 24.7 Å². The maximum Gasteiger partial charge on any atom is 0.434 e. The Balaban J connectivity index is 0.000000323. The molecule has 0 fully saturated rings. The summed E-state index contributed by atoms with van der Waals surface area (Å²) in [5, 5.41) is 10.3. The van der Waals surface area contributed by atoms with E-state index in [0.717, 1.165) is 18.9 Å². The van der Waals surface area contributed by atoms with E-state index < -0.39 is 47.1 Å². The number of ether oxygens (including phenoxy) is 1. The van der Waals surface area contributed by atoms with E-state index in [4.69, 9.17) is 5.11 Å². The highest BCUT2D eigenvalue weighted by molar-refractivity contribution is 8.14. The first kappa shape index (κ1) is 32.8. The SMILES string of the molecule is COC(=O)c1c(C(F)F)nc(C(F)(F)F)c(C2=NCCS2)c1CC(C)C.O=C(O)c1cccnc1.c1cscn1. The van der Waals surface area contributed by atoms with Crippen LogP contribution >= 0.6 is 23.1 Å². The normalized spacial score (nSPS) is 12.7. The summed E-state index contributed by atoms with van der Waals surface area (Å²) in [4.78, 5) is 36.9. The Hall–Kier alpha value is -3.46. The maximum absolute atomic E-state index is 13.6. The van der Waals surface area contributed by atoms with Crippen LogP contribution in [0.25, 0.3) is 0 Å². The smallest absolute Gasteiger partial charge is 0.434 e. The van der Waals surface area contributed by atoms with E-state index in [0.29, 0.717) is 12.3 Å². The van der Waals surface area contributed by atoms with Gasteiger partial charge in [0.05, 0.1) is 23.7 Å². The number of thiazole rings is 1.